The van der Waals surface area contributed by atoms with E-state index in [1.165, 1.54) is 11.1 Å². The zero-order valence-electron chi connectivity index (χ0n) is 12.6. The minimum absolute atomic E-state index is 0.219. The Labute approximate surface area is 112 Å². The summed E-state index contributed by atoms with van der Waals surface area (Å²) in [4.78, 5) is 0. The summed E-state index contributed by atoms with van der Waals surface area (Å²) in [5, 5.41) is 9.29. The van der Waals surface area contributed by atoms with Crippen LogP contribution in [-0.4, -0.2) is 0 Å². The van der Waals surface area contributed by atoms with Gasteiger partial charge >= 0.3 is 0 Å². The van der Waals surface area contributed by atoms with Gasteiger partial charge < -0.3 is 0 Å². The molecule has 1 nitrogen and oxygen atoms in total. The van der Waals surface area contributed by atoms with E-state index in [0.29, 0.717) is 0 Å². The molecule has 0 saturated heterocycles. The van der Waals surface area contributed by atoms with Crippen molar-refractivity contribution in [1.29, 1.82) is 5.26 Å². The molecule has 0 aliphatic rings. The van der Waals surface area contributed by atoms with Crippen LogP contribution in [-0.2, 0) is 12.8 Å². The maximum absolute atomic E-state index is 9.29. The van der Waals surface area contributed by atoms with Gasteiger partial charge in [0.1, 0.15) is 0 Å². The van der Waals surface area contributed by atoms with Gasteiger partial charge in [0.05, 0.1) is 11.6 Å². The van der Waals surface area contributed by atoms with Crippen molar-refractivity contribution in [1.82, 2.24) is 0 Å². The van der Waals surface area contributed by atoms with Gasteiger partial charge in [0.15, 0.2) is 0 Å². The van der Waals surface area contributed by atoms with Crippen molar-refractivity contribution in [2.75, 3.05) is 0 Å². The summed E-state index contributed by atoms with van der Waals surface area (Å²) in [6.45, 7) is 13.3. The first-order chi connectivity index (χ1) is 8.11. The van der Waals surface area contributed by atoms with Gasteiger partial charge in [0.2, 0.25) is 0 Å². The minimum atomic E-state index is 0.219. The molecule has 0 amide bonds. The monoisotopic (exact) mass is 243 g/mol. The van der Waals surface area contributed by atoms with Crippen LogP contribution in [0, 0.1) is 22.2 Å². The Morgan fingerprint density at radius 1 is 0.944 bits per heavy atom. The Balaban J connectivity index is 3.02. The third-order valence-corrected chi connectivity index (χ3v) is 2.75. The van der Waals surface area contributed by atoms with Gasteiger partial charge in [0, 0.05) is 0 Å². The van der Waals surface area contributed by atoms with Crippen molar-refractivity contribution < 1.29 is 0 Å². The quantitative estimate of drug-likeness (QED) is 0.736. The van der Waals surface area contributed by atoms with E-state index in [-0.39, 0.29) is 10.8 Å². The molecule has 1 rings (SSSR count). The van der Waals surface area contributed by atoms with Crippen LogP contribution in [0.5, 0.6) is 0 Å². The van der Waals surface area contributed by atoms with Crippen molar-refractivity contribution in [3.05, 3.63) is 34.9 Å². The second kappa shape index (κ2) is 5.14. The summed E-state index contributed by atoms with van der Waals surface area (Å²) in [5.41, 5.74) is 3.75. The number of nitrogens with zero attached hydrogens (tertiary/aromatic N) is 1. The van der Waals surface area contributed by atoms with Crippen LogP contribution in [0.1, 0.15) is 58.2 Å². The fraction of sp³-hybridized carbons (Fsp3) is 0.588. The Kier molecular flexibility index (Phi) is 4.22. The van der Waals surface area contributed by atoms with Crippen LogP contribution in [0.4, 0.5) is 0 Å². The van der Waals surface area contributed by atoms with Gasteiger partial charge in [0.25, 0.3) is 0 Å². The van der Waals surface area contributed by atoms with Crippen molar-refractivity contribution in [3.8, 4) is 6.07 Å². The van der Waals surface area contributed by atoms with Crippen LogP contribution in [0.3, 0.4) is 0 Å². The van der Waals surface area contributed by atoms with Gasteiger partial charge in [-0.1, -0.05) is 53.7 Å². The molecule has 0 heterocycles. The largest absolute Gasteiger partial charge is 0.192 e. The van der Waals surface area contributed by atoms with E-state index in [0.717, 1.165) is 18.4 Å². The van der Waals surface area contributed by atoms with E-state index >= 15 is 0 Å². The fourth-order valence-electron chi connectivity index (χ4n) is 2.18. The van der Waals surface area contributed by atoms with E-state index in [1.807, 2.05) is 0 Å². The Morgan fingerprint density at radius 3 is 1.94 bits per heavy atom. The number of benzene rings is 1. The lowest BCUT2D eigenvalue weighted by Crippen LogP contribution is -2.12. The molecule has 98 valence electrons. The maximum atomic E-state index is 9.29. The van der Waals surface area contributed by atoms with Crippen molar-refractivity contribution in [2.45, 2.75) is 54.4 Å². The first-order valence-electron chi connectivity index (χ1n) is 6.63. The fourth-order valence-corrected chi connectivity index (χ4v) is 2.18. The minimum Gasteiger partial charge on any atom is -0.192 e. The standard InChI is InChI=1S/C17H25N/c1-16(2,3)10-13-7-8-14(11-17(4,5)6)15(9-13)12-18/h7-9H,10-11H2,1-6H3. The highest BCUT2D eigenvalue weighted by Crippen LogP contribution is 2.26. The normalized spacial score (nSPS) is 12.3. The SMILES string of the molecule is CC(C)(C)Cc1ccc(CC(C)(C)C)c(C#N)c1. The number of hydrogen-bond donors (Lipinski definition) is 0. The zero-order valence-corrected chi connectivity index (χ0v) is 12.6. The molecule has 1 aromatic rings. The molecular formula is C17H25N. The third kappa shape index (κ3) is 4.92. The number of hydrogen-bond acceptors (Lipinski definition) is 1. The molecule has 0 spiro atoms. The van der Waals surface area contributed by atoms with Gasteiger partial charge in [-0.05, 0) is 40.9 Å². The highest BCUT2D eigenvalue weighted by atomic mass is 14.3. The molecule has 0 aliphatic carbocycles. The summed E-state index contributed by atoms with van der Waals surface area (Å²) >= 11 is 0. The topological polar surface area (TPSA) is 23.8 Å². The number of rotatable bonds is 2. The molecule has 0 atom stereocenters. The molecule has 0 aliphatic heterocycles. The Hall–Kier alpha value is -1.29. The molecule has 0 unspecified atom stereocenters. The summed E-state index contributed by atoms with van der Waals surface area (Å²) in [5.74, 6) is 0. The lowest BCUT2D eigenvalue weighted by Gasteiger charge is -2.21. The molecule has 0 saturated carbocycles. The summed E-state index contributed by atoms with van der Waals surface area (Å²) in [6.07, 6.45) is 1.96. The predicted octanol–water partition coefficient (Wildman–Crippen LogP) is 4.74. The van der Waals surface area contributed by atoms with Gasteiger partial charge in [-0.3, -0.25) is 0 Å². The van der Waals surface area contributed by atoms with E-state index in [4.69, 9.17) is 0 Å². The second-order valence-corrected chi connectivity index (χ2v) is 7.58. The highest BCUT2D eigenvalue weighted by Gasteiger charge is 2.16. The van der Waals surface area contributed by atoms with Crippen LogP contribution in [0.25, 0.3) is 0 Å². The van der Waals surface area contributed by atoms with E-state index in [2.05, 4.69) is 65.8 Å². The van der Waals surface area contributed by atoms with Crippen molar-refractivity contribution >= 4 is 0 Å². The maximum Gasteiger partial charge on any atom is 0.0994 e. The lowest BCUT2D eigenvalue weighted by molar-refractivity contribution is 0.407. The van der Waals surface area contributed by atoms with E-state index in [1.54, 1.807) is 0 Å². The van der Waals surface area contributed by atoms with Gasteiger partial charge in [-0.25, -0.2) is 0 Å². The first kappa shape index (κ1) is 14.8. The molecular weight excluding hydrogens is 218 g/mol. The van der Waals surface area contributed by atoms with Crippen molar-refractivity contribution in [2.24, 2.45) is 10.8 Å². The molecule has 0 aromatic heterocycles. The van der Waals surface area contributed by atoms with Crippen molar-refractivity contribution in [3.63, 3.8) is 0 Å². The van der Waals surface area contributed by atoms with Crippen LogP contribution in [0.2, 0.25) is 0 Å². The molecule has 0 bridgehead atoms. The van der Waals surface area contributed by atoms with E-state index in [9.17, 15) is 5.26 Å². The first-order valence-corrected chi connectivity index (χ1v) is 6.63. The van der Waals surface area contributed by atoms with Gasteiger partial charge in [-0.2, -0.15) is 5.26 Å². The highest BCUT2D eigenvalue weighted by molar-refractivity contribution is 5.41. The van der Waals surface area contributed by atoms with Crippen LogP contribution < -0.4 is 0 Å². The van der Waals surface area contributed by atoms with Crippen LogP contribution in [0.15, 0.2) is 18.2 Å². The third-order valence-electron chi connectivity index (χ3n) is 2.75. The predicted molar refractivity (Wildman–Crippen MR) is 77.5 cm³/mol. The molecule has 1 aromatic carbocycles. The molecule has 0 fully saturated rings. The van der Waals surface area contributed by atoms with Crippen LogP contribution >= 0.6 is 0 Å². The molecule has 0 radical (unpaired) electrons. The molecule has 0 N–H and O–H groups in total. The lowest BCUT2D eigenvalue weighted by atomic mass is 9.83. The summed E-state index contributed by atoms with van der Waals surface area (Å²) < 4.78 is 0. The smallest absolute Gasteiger partial charge is 0.0994 e. The Bertz CT molecular complexity index is 450. The summed E-state index contributed by atoms with van der Waals surface area (Å²) in [6, 6.07) is 8.71. The van der Waals surface area contributed by atoms with E-state index < -0.39 is 0 Å². The second-order valence-electron chi connectivity index (χ2n) is 7.58. The Morgan fingerprint density at radius 2 is 1.50 bits per heavy atom. The average molecular weight is 243 g/mol. The average Bonchev–Trinajstić information content (AvgIpc) is 2.16. The van der Waals surface area contributed by atoms with Gasteiger partial charge in [-0.15, -0.1) is 0 Å². The number of nitriles is 1. The zero-order chi connectivity index (χ0) is 14.0. The molecule has 18 heavy (non-hydrogen) atoms. The molecule has 1 heteroatoms. The summed E-state index contributed by atoms with van der Waals surface area (Å²) in [7, 11) is 0.